The first-order valence-electron chi connectivity index (χ1n) is 11.3. The van der Waals surface area contributed by atoms with E-state index in [4.69, 9.17) is 27.1 Å². The lowest BCUT2D eigenvalue weighted by Crippen LogP contribution is -2.41. The Kier molecular flexibility index (Phi) is 9.06. The van der Waals surface area contributed by atoms with E-state index in [1.54, 1.807) is 0 Å². The number of methoxy groups -OCH3 is 1. The van der Waals surface area contributed by atoms with E-state index in [2.05, 4.69) is 30.5 Å². The highest BCUT2D eigenvalue weighted by Crippen LogP contribution is 2.32. The van der Waals surface area contributed by atoms with Gasteiger partial charge in [-0.1, -0.05) is 67.9 Å². The van der Waals surface area contributed by atoms with Crippen LogP contribution in [0, 0.1) is 5.92 Å². The van der Waals surface area contributed by atoms with Crippen LogP contribution >= 0.6 is 11.6 Å². The van der Waals surface area contributed by atoms with Crippen LogP contribution in [-0.4, -0.2) is 47.2 Å². The molecule has 2 N–H and O–H groups in total. The second-order valence-electron chi connectivity index (χ2n) is 8.46. The molecule has 0 bridgehead atoms. The lowest BCUT2D eigenvalue weighted by molar-refractivity contribution is -0.139. The average Bonchev–Trinajstić information content (AvgIpc) is 3.20. The van der Waals surface area contributed by atoms with Gasteiger partial charge in [0.2, 0.25) is 5.91 Å². The van der Waals surface area contributed by atoms with Crippen LogP contribution in [0.25, 0.3) is 11.3 Å². The highest BCUT2D eigenvalue weighted by molar-refractivity contribution is 6.30. The van der Waals surface area contributed by atoms with Crippen LogP contribution in [0.5, 0.6) is 0 Å². The first-order valence-corrected chi connectivity index (χ1v) is 11.7. The van der Waals surface area contributed by atoms with E-state index >= 15 is 0 Å². The summed E-state index contributed by atoms with van der Waals surface area (Å²) in [5.74, 6) is 0.904. The molecule has 0 radical (unpaired) electrons. The quantitative estimate of drug-likeness (QED) is 0.439. The Morgan fingerprint density at radius 1 is 1.18 bits per heavy atom. The molecular formula is C26H33ClN4O2. The third kappa shape index (κ3) is 6.44. The number of nitrogens with zero attached hydrogens (tertiary/aromatic N) is 3. The topological polar surface area (TPSA) is 73.4 Å². The van der Waals surface area contributed by atoms with Crippen molar-refractivity contribution in [1.82, 2.24) is 14.5 Å². The second-order valence-corrected chi connectivity index (χ2v) is 8.90. The molecule has 3 aromatic rings. The number of carbonyl (C=O) groups is 1. The van der Waals surface area contributed by atoms with Gasteiger partial charge in [-0.2, -0.15) is 0 Å². The number of imidazole rings is 1. The van der Waals surface area contributed by atoms with Crippen molar-refractivity contribution in [2.45, 2.75) is 32.9 Å². The molecule has 3 rings (SSSR count). The molecule has 0 fully saturated rings. The van der Waals surface area contributed by atoms with Crippen molar-refractivity contribution in [1.29, 1.82) is 0 Å². The Hall–Kier alpha value is -2.67. The third-order valence-electron chi connectivity index (χ3n) is 5.55. The summed E-state index contributed by atoms with van der Waals surface area (Å²) in [7, 11) is 1.54. The van der Waals surface area contributed by atoms with Gasteiger partial charge >= 0.3 is 0 Å². The van der Waals surface area contributed by atoms with E-state index in [1.165, 1.54) is 7.11 Å². The molecule has 0 aliphatic rings. The molecule has 0 spiro atoms. The highest BCUT2D eigenvalue weighted by atomic mass is 35.5. The maximum atomic E-state index is 13.1. The van der Waals surface area contributed by atoms with Crippen molar-refractivity contribution < 1.29 is 9.53 Å². The molecule has 1 amide bonds. The van der Waals surface area contributed by atoms with Gasteiger partial charge in [-0.25, -0.2) is 4.98 Å². The first-order chi connectivity index (χ1) is 15.9. The zero-order valence-corrected chi connectivity index (χ0v) is 20.3. The molecule has 2 aromatic carbocycles. The maximum absolute atomic E-state index is 13.1. The van der Waals surface area contributed by atoms with Crippen LogP contribution in [0.1, 0.15) is 37.7 Å². The van der Waals surface area contributed by atoms with Crippen LogP contribution in [0.15, 0.2) is 60.8 Å². The van der Waals surface area contributed by atoms with Gasteiger partial charge in [-0.15, -0.1) is 0 Å². The van der Waals surface area contributed by atoms with Gasteiger partial charge in [0, 0.05) is 37.0 Å². The van der Waals surface area contributed by atoms with Gasteiger partial charge in [0.1, 0.15) is 12.4 Å². The van der Waals surface area contributed by atoms with Crippen LogP contribution in [0.2, 0.25) is 5.02 Å². The van der Waals surface area contributed by atoms with Crippen molar-refractivity contribution in [2.24, 2.45) is 11.7 Å². The summed E-state index contributed by atoms with van der Waals surface area (Å²) in [6.07, 6.45) is 2.75. The monoisotopic (exact) mass is 468 g/mol. The summed E-state index contributed by atoms with van der Waals surface area (Å²) in [6, 6.07) is 17.7. The van der Waals surface area contributed by atoms with E-state index in [9.17, 15) is 4.79 Å². The Morgan fingerprint density at radius 3 is 2.58 bits per heavy atom. The smallest absolute Gasteiger partial charge is 0.249 e. The molecule has 176 valence electrons. The Bertz CT molecular complexity index is 1040. The molecule has 0 saturated carbocycles. The zero-order valence-electron chi connectivity index (χ0n) is 19.6. The molecular weight excluding hydrogens is 436 g/mol. The number of ether oxygens (including phenoxy) is 1. The summed E-state index contributed by atoms with van der Waals surface area (Å²) in [4.78, 5) is 20.0. The van der Waals surface area contributed by atoms with E-state index in [0.29, 0.717) is 31.1 Å². The molecule has 1 aromatic heterocycles. The standard InChI is InChI=1S/C26H33ClN4O2/c1-19(2)25(31(14-8-13-28)24(32)18-33-3)26-29-23(21-11-7-12-22(27)15-21)17-30(26)16-20-9-5-4-6-10-20/h4-7,9-12,15,17,19,25H,8,13-14,16,18,28H2,1-3H3. The summed E-state index contributed by atoms with van der Waals surface area (Å²) in [5.41, 5.74) is 8.72. The third-order valence-corrected chi connectivity index (χ3v) is 5.78. The summed E-state index contributed by atoms with van der Waals surface area (Å²) >= 11 is 6.25. The number of carbonyl (C=O) groups excluding carboxylic acids is 1. The maximum Gasteiger partial charge on any atom is 0.249 e. The number of hydrogen-bond acceptors (Lipinski definition) is 4. The van der Waals surface area contributed by atoms with Crippen LogP contribution in [0.3, 0.4) is 0 Å². The minimum Gasteiger partial charge on any atom is -0.375 e. The van der Waals surface area contributed by atoms with Gasteiger partial charge < -0.3 is 19.9 Å². The van der Waals surface area contributed by atoms with E-state index in [-0.39, 0.29) is 24.5 Å². The molecule has 0 aliphatic heterocycles. The lowest BCUT2D eigenvalue weighted by Gasteiger charge is -2.34. The summed E-state index contributed by atoms with van der Waals surface area (Å²) < 4.78 is 7.32. The predicted molar refractivity (Wildman–Crippen MR) is 133 cm³/mol. The van der Waals surface area contributed by atoms with Crippen molar-refractivity contribution in [3.63, 3.8) is 0 Å². The Morgan fingerprint density at radius 2 is 1.94 bits per heavy atom. The molecule has 33 heavy (non-hydrogen) atoms. The number of hydrogen-bond donors (Lipinski definition) is 1. The van der Waals surface area contributed by atoms with Gasteiger partial charge in [0.15, 0.2) is 0 Å². The number of halogens is 1. The number of aromatic nitrogens is 2. The number of benzene rings is 2. The molecule has 0 aliphatic carbocycles. The predicted octanol–water partition coefficient (Wildman–Crippen LogP) is 4.77. The van der Waals surface area contributed by atoms with Gasteiger partial charge in [0.25, 0.3) is 0 Å². The Labute approximate surface area is 201 Å². The first kappa shape index (κ1) is 25.0. The van der Waals surface area contributed by atoms with Crippen molar-refractivity contribution >= 4 is 17.5 Å². The van der Waals surface area contributed by atoms with Crippen LogP contribution in [0.4, 0.5) is 0 Å². The van der Waals surface area contributed by atoms with Crippen molar-refractivity contribution in [3.8, 4) is 11.3 Å². The normalized spacial score (nSPS) is 12.2. The fourth-order valence-electron chi connectivity index (χ4n) is 4.04. The number of amides is 1. The minimum atomic E-state index is -0.226. The number of rotatable bonds is 11. The minimum absolute atomic E-state index is 0.0222. The van der Waals surface area contributed by atoms with Crippen LogP contribution in [-0.2, 0) is 16.1 Å². The number of nitrogens with two attached hydrogens (primary N) is 1. The molecule has 1 atom stereocenters. The molecule has 6 nitrogen and oxygen atoms in total. The van der Waals surface area contributed by atoms with Gasteiger partial charge in [-0.3, -0.25) is 4.79 Å². The van der Waals surface area contributed by atoms with Crippen LogP contribution < -0.4 is 5.73 Å². The molecule has 0 saturated heterocycles. The molecule has 1 heterocycles. The molecule has 7 heteroatoms. The highest BCUT2D eigenvalue weighted by Gasteiger charge is 2.31. The fraction of sp³-hybridized carbons (Fsp3) is 0.385. The SMILES string of the molecule is COCC(=O)N(CCCN)C(c1nc(-c2cccc(Cl)c2)cn1Cc1ccccc1)C(C)C. The second kappa shape index (κ2) is 12.0. The zero-order chi connectivity index (χ0) is 23.8. The molecule has 1 unspecified atom stereocenters. The van der Waals surface area contributed by atoms with Gasteiger partial charge in [0.05, 0.1) is 11.7 Å². The van der Waals surface area contributed by atoms with E-state index in [1.807, 2.05) is 53.6 Å². The van der Waals surface area contributed by atoms with Gasteiger partial charge in [-0.05, 0) is 36.6 Å². The summed E-state index contributed by atoms with van der Waals surface area (Å²) in [6.45, 7) is 5.95. The van der Waals surface area contributed by atoms with E-state index < -0.39 is 0 Å². The lowest BCUT2D eigenvalue weighted by atomic mass is 10.0. The average molecular weight is 469 g/mol. The fourth-order valence-corrected chi connectivity index (χ4v) is 4.23. The van der Waals surface area contributed by atoms with E-state index in [0.717, 1.165) is 22.6 Å². The van der Waals surface area contributed by atoms with Crippen molar-refractivity contribution in [3.05, 3.63) is 77.2 Å². The summed E-state index contributed by atoms with van der Waals surface area (Å²) in [5, 5.41) is 0.659. The Balaban J connectivity index is 2.11. The largest absolute Gasteiger partial charge is 0.375 e. The van der Waals surface area contributed by atoms with Crippen molar-refractivity contribution in [2.75, 3.05) is 26.8 Å².